The van der Waals surface area contributed by atoms with Crippen molar-refractivity contribution in [1.29, 1.82) is 0 Å². The van der Waals surface area contributed by atoms with Gasteiger partial charge in [-0.2, -0.15) is 0 Å². The molecule has 0 saturated carbocycles. The van der Waals surface area contributed by atoms with Gasteiger partial charge in [0.1, 0.15) is 11.9 Å². The van der Waals surface area contributed by atoms with Crippen molar-refractivity contribution < 1.29 is 9.53 Å². The van der Waals surface area contributed by atoms with Crippen LogP contribution in [0.15, 0.2) is 52.0 Å². The summed E-state index contributed by atoms with van der Waals surface area (Å²) in [6, 6.07) is 13.3. The van der Waals surface area contributed by atoms with Crippen molar-refractivity contribution >= 4 is 44.5 Å². The van der Waals surface area contributed by atoms with Crippen molar-refractivity contribution in [2.24, 2.45) is 5.10 Å². The Hall–Kier alpha value is -2.19. The molecule has 0 bridgehead atoms. The van der Waals surface area contributed by atoms with E-state index >= 15 is 0 Å². The smallest absolute Gasteiger partial charge is 0.255 e. The summed E-state index contributed by atoms with van der Waals surface area (Å²) in [5.74, 6) is 1.55. The lowest BCUT2D eigenvalue weighted by Gasteiger charge is -2.44. The number of nitrogens with one attached hydrogen (secondary N) is 2. The Balaban J connectivity index is 1.84. The first-order valence-electron chi connectivity index (χ1n) is 9.20. The second-order valence-electron chi connectivity index (χ2n) is 6.36. The summed E-state index contributed by atoms with van der Waals surface area (Å²) in [7, 11) is 0. The molecule has 146 valence electrons. The van der Waals surface area contributed by atoms with Crippen molar-refractivity contribution in [3.8, 4) is 5.75 Å². The second kappa shape index (κ2) is 8.05. The van der Waals surface area contributed by atoms with Crippen LogP contribution in [0.4, 0.5) is 5.69 Å². The Morgan fingerprint density at radius 2 is 2.04 bits per heavy atom. The van der Waals surface area contributed by atoms with E-state index in [4.69, 9.17) is 9.84 Å². The zero-order valence-electron chi connectivity index (χ0n) is 15.6. The molecule has 2 aromatic carbocycles. The maximum absolute atomic E-state index is 13.0. The van der Waals surface area contributed by atoms with Gasteiger partial charge >= 0.3 is 0 Å². The normalized spacial score (nSPS) is 20.5. The van der Waals surface area contributed by atoms with Gasteiger partial charge in [0.05, 0.1) is 6.61 Å². The molecule has 2 atom stereocenters. The van der Waals surface area contributed by atoms with Crippen LogP contribution in [0.25, 0.3) is 0 Å². The quantitative estimate of drug-likeness (QED) is 0.704. The number of hydrogen-bond donors (Lipinski definition) is 2. The Morgan fingerprint density at radius 3 is 2.82 bits per heavy atom. The van der Waals surface area contributed by atoms with Crippen LogP contribution < -0.4 is 15.4 Å². The molecule has 0 radical (unpaired) electrons. The van der Waals surface area contributed by atoms with E-state index in [2.05, 4.69) is 26.6 Å². The molecule has 28 heavy (non-hydrogen) atoms. The average molecular weight is 461 g/mol. The summed E-state index contributed by atoms with van der Waals surface area (Å²) in [6.45, 7) is 4.58. The van der Waals surface area contributed by atoms with Crippen LogP contribution in [0.3, 0.4) is 0 Å². The van der Waals surface area contributed by atoms with Gasteiger partial charge in [-0.25, -0.2) is 0 Å². The van der Waals surface area contributed by atoms with Gasteiger partial charge in [0.15, 0.2) is 11.2 Å². The number of anilines is 1. The summed E-state index contributed by atoms with van der Waals surface area (Å²) in [6.07, 6.45) is -0.312. The highest BCUT2D eigenvalue weighted by molar-refractivity contribution is 9.10. The Morgan fingerprint density at radius 1 is 1.21 bits per heavy atom. The van der Waals surface area contributed by atoms with Gasteiger partial charge in [0.2, 0.25) is 0 Å². The minimum Gasteiger partial charge on any atom is -0.494 e. The third-order valence-corrected chi connectivity index (χ3v) is 6.08. The SMILES string of the molecule is CCOc1ccc(Br)c(C2Nc3ccccc3C3C(=O)NC(SCC)=NN23)c1. The largest absolute Gasteiger partial charge is 0.494 e. The van der Waals surface area contributed by atoms with Crippen LogP contribution in [0.5, 0.6) is 5.75 Å². The molecule has 2 aromatic rings. The highest BCUT2D eigenvalue weighted by Gasteiger charge is 2.42. The van der Waals surface area contributed by atoms with E-state index in [-0.39, 0.29) is 12.1 Å². The maximum atomic E-state index is 13.0. The molecule has 0 aromatic heterocycles. The molecule has 0 saturated heterocycles. The molecule has 6 nitrogen and oxygen atoms in total. The molecule has 0 aliphatic carbocycles. The number of rotatable bonds is 4. The van der Waals surface area contributed by atoms with E-state index in [0.717, 1.165) is 32.8 Å². The van der Waals surface area contributed by atoms with Gasteiger partial charge in [-0.1, -0.05) is 52.8 Å². The summed E-state index contributed by atoms with van der Waals surface area (Å²) < 4.78 is 6.62. The van der Waals surface area contributed by atoms with E-state index < -0.39 is 6.04 Å². The summed E-state index contributed by atoms with van der Waals surface area (Å²) in [4.78, 5) is 13.0. The van der Waals surface area contributed by atoms with Gasteiger partial charge < -0.3 is 15.4 Å². The molecular formula is C20H21BrN4O2S. The molecular weight excluding hydrogens is 440 g/mol. The molecule has 2 heterocycles. The predicted molar refractivity (Wildman–Crippen MR) is 116 cm³/mol. The molecule has 4 rings (SSSR count). The van der Waals surface area contributed by atoms with Crippen molar-refractivity contribution in [2.45, 2.75) is 26.1 Å². The lowest BCUT2D eigenvalue weighted by Crippen LogP contribution is -2.51. The van der Waals surface area contributed by atoms with E-state index in [0.29, 0.717) is 11.8 Å². The zero-order valence-corrected chi connectivity index (χ0v) is 18.0. The zero-order chi connectivity index (χ0) is 19.7. The summed E-state index contributed by atoms with van der Waals surface area (Å²) >= 11 is 5.18. The fourth-order valence-electron chi connectivity index (χ4n) is 3.46. The number of halogens is 1. The van der Waals surface area contributed by atoms with Gasteiger partial charge in [-0.15, -0.1) is 5.10 Å². The van der Waals surface area contributed by atoms with Gasteiger partial charge in [-0.05, 0) is 36.9 Å². The van der Waals surface area contributed by atoms with Crippen molar-refractivity contribution in [2.75, 3.05) is 17.7 Å². The number of para-hydroxylation sites is 1. The topological polar surface area (TPSA) is 66.0 Å². The number of carbonyl (C=O) groups is 1. The monoisotopic (exact) mass is 460 g/mol. The first-order chi connectivity index (χ1) is 13.6. The van der Waals surface area contributed by atoms with Crippen LogP contribution in [0, 0.1) is 0 Å². The highest BCUT2D eigenvalue weighted by atomic mass is 79.9. The number of ether oxygens (including phenoxy) is 1. The molecule has 1 amide bonds. The lowest BCUT2D eigenvalue weighted by atomic mass is 9.97. The number of hydrazone groups is 1. The van der Waals surface area contributed by atoms with Crippen LogP contribution in [0.2, 0.25) is 0 Å². The average Bonchev–Trinajstić information content (AvgIpc) is 2.69. The molecule has 2 N–H and O–H groups in total. The molecule has 8 heteroatoms. The van der Waals surface area contributed by atoms with Crippen LogP contribution in [-0.2, 0) is 4.79 Å². The summed E-state index contributed by atoms with van der Waals surface area (Å²) in [5.41, 5.74) is 2.81. The van der Waals surface area contributed by atoms with E-state index in [9.17, 15) is 4.79 Å². The Kier molecular flexibility index (Phi) is 5.50. The van der Waals surface area contributed by atoms with E-state index in [1.807, 2.05) is 61.3 Å². The number of fused-ring (bicyclic) bond motifs is 3. The summed E-state index contributed by atoms with van der Waals surface area (Å²) in [5, 5.41) is 13.7. The fourth-order valence-corrected chi connectivity index (χ4v) is 4.52. The van der Waals surface area contributed by atoms with Gasteiger partial charge in [0.25, 0.3) is 5.91 Å². The number of nitrogens with zero attached hydrogens (tertiary/aromatic N) is 2. The number of carbonyl (C=O) groups excluding carboxylic acids is 1. The maximum Gasteiger partial charge on any atom is 0.255 e. The first kappa shape index (κ1) is 19.1. The number of thioether (sulfide) groups is 1. The number of hydrogen-bond acceptors (Lipinski definition) is 6. The third-order valence-electron chi connectivity index (χ3n) is 4.62. The van der Waals surface area contributed by atoms with E-state index in [1.54, 1.807) is 0 Å². The van der Waals surface area contributed by atoms with Gasteiger partial charge in [0, 0.05) is 21.3 Å². The van der Waals surface area contributed by atoms with Crippen molar-refractivity contribution in [3.05, 3.63) is 58.1 Å². The Bertz CT molecular complexity index is 936. The molecule has 2 aliphatic heterocycles. The number of benzene rings is 2. The van der Waals surface area contributed by atoms with Crippen molar-refractivity contribution in [1.82, 2.24) is 10.3 Å². The lowest BCUT2D eigenvalue weighted by molar-refractivity contribution is -0.127. The fraction of sp³-hybridized carbons (Fsp3) is 0.300. The van der Waals surface area contributed by atoms with Crippen LogP contribution in [-0.4, -0.2) is 28.4 Å². The predicted octanol–water partition coefficient (Wildman–Crippen LogP) is 4.47. The van der Waals surface area contributed by atoms with E-state index in [1.165, 1.54) is 11.8 Å². The van der Waals surface area contributed by atoms with Crippen LogP contribution in [0.1, 0.15) is 37.2 Å². The number of amides is 1. The second-order valence-corrected chi connectivity index (χ2v) is 8.47. The number of amidine groups is 1. The third kappa shape index (κ3) is 3.46. The molecule has 2 aliphatic rings. The van der Waals surface area contributed by atoms with Crippen molar-refractivity contribution in [3.63, 3.8) is 0 Å². The Labute approximate surface area is 176 Å². The van der Waals surface area contributed by atoms with Gasteiger partial charge in [-0.3, -0.25) is 9.80 Å². The molecule has 2 unspecified atom stereocenters. The minimum absolute atomic E-state index is 0.0676. The standard InChI is InChI=1S/C20H21BrN4O2S/c1-3-27-12-9-10-15(21)14(11-12)18-22-16-8-6-5-7-13(16)17-19(26)23-20(28-4-2)24-25(17)18/h5-11,17-18,22H,3-4H2,1-2H3,(H,23,24,26). The molecule has 0 fully saturated rings. The minimum atomic E-state index is -0.494. The first-order valence-corrected chi connectivity index (χ1v) is 11.0. The van der Waals surface area contributed by atoms with Crippen LogP contribution >= 0.6 is 27.7 Å². The highest BCUT2D eigenvalue weighted by Crippen LogP contribution is 2.44. The molecule has 0 spiro atoms.